The van der Waals surface area contributed by atoms with Gasteiger partial charge in [0.05, 0.1) is 12.0 Å². The molecule has 20 heavy (non-hydrogen) atoms. The summed E-state index contributed by atoms with van der Waals surface area (Å²) in [6.07, 6.45) is 2.31. The molecule has 0 saturated carbocycles. The van der Waals surface area contributed by atoms with Crippen LogP contribution in [0, 0.1) is 13.8 Å². The van der Waals surface area contributed by atoms with Gasteiger partial charge in [0.2, 0.25) is 0 Å². The number of nitrogens with two attached hydrogens (primary N) is 1. The van der Waals surface area contributed by atoms with Crippen LogP contribution in [0.1, 0.15) is 40.7 Å². The molecule has 4 nitrogen and oxygen atoms in total. The lowest BCUT2D eigenvalue weighted by Gasteiger charge is -2.43. The Bertz CT molecular complexity index is 572. The Hall–Kier alpha value is -1.55. The number of benzene rings is 1. The van der Waals surface area contributed by atoms with Crippen LogP contribution in [-0.2, 0) is 0 Å². The van der Waals surface area contributed by atoms with Crippen LogP contribution in [0.25, 0.3) is 0 Å². The molecular formula is C16H22N2O2. The molecular weight excluding hydrogens is 252 g/mol. The van der Waals surface area contributed by atoms with Crippen LogP contribution in [0.4, 0.5) is 5.69 Å². The zero-order chi connectivity index (χ0) is 14.5. The van der Waals surface area contributed by atoms with Gasteiger partial charge < -0.3 is 15.4 Å². The quantitative estimate of drug-likeness (QED) is 0.738. The molecule has 2 aliphatic rings. The van der Waals surface area contributed by atoms with E-state index in [1.165, 1.54) is 0 Å². The highest BCUT2D eigenvalue weighted by molar-refractivity contribution is 6.02. The summed E-state index contributed by atoms with van der Waals surface area (Å²) in [7, 11) is 2.11. The highest BCUT2D eigenvalue weighted by Crippen LogP contribution is 2.42. The molecule has 0 aromatic heterocycles. The maximum absolute atomic E-state index is 12.5. The SMILES string of the molecule is Cc1c(N)cc2c(c1C)OC1(CCN(C)CC1)CC2=O. The summed E-state index contributed by atoms with van der Waals surface area (Å²) in [4.78, 5) is 14.8. The highest BCUT2D eigenvalue weighted by Gasteiger charge is 2.43. The number of hydrogen-bond acceptors (Lipinski definition) is 4. The Balaban J connectivity index is 2.02. The van der Waals surface area contributed by atoms with Gasteiger partial charge in [0.15, 0.2) is 5.78 Å². The third kappa shape index (κ3) is 1.99. The second-order valence-corrected chi connectivity index (χ2v) is 6.28. The molecule has 2 N–H and O–H groups in total. The third-order valence-electron chi connectivity index (χ3n) is 4.88. The minimum Gasteiger partial charge on any atom is -0.486 e. The van der Waals surface area contributed by atoms with Crippen LogP contribution in [0.2, 0.25) is 0 Å². The van der Waals surface area contributed by atoms with E-state index < -0.39 is 0 Å². The van der Waals surface area contributed by atoms with Crippen LogP contribution in [-0.4, -0.2) is 36.4 Å². The molecule has 1 saturated heterocycles. The number of likely N-dealkylation sites (tertiary alicyclic amines) is 1. The zero-order valence-electron chi connectivity index (χ0n) is 12.5. The lowest BCUT2D eigenvalue weighted by molar-refractivity contribution is -0.00420. The summed E-state index contributed by atoms with van der Waals surface area (Å²) >= 11 is 0. The second kappa shape index (κ2) is 4.48. The van der Waals surface area contributed by atoms with E-state index in [9.17, 15) is 4.79 Å². The van der Waals surface area contributed by atoms with Crippen LogP contribution in [0.15, 0.2) is 6.07 Å². The van der Waals surface area contributed by atoms with Crippen molar-refractivity contribution >= 4 is 11.5 Å². The van der Waals surface area contributed by atoms with Gasteiger partial charge in [-0.05, 0) is 38.1 Å². The molecule has 0 radical (unpaired) electrons. The number of hydrogen-bond donors (Lipinski definition) is 1. The number of nitrogen functional groups attached to an aromatic ring is 1. The number of ketones is 1. The van der Waals surface area contributed by atoms with Gasteiger partial charge in [-0.25, -0.2) is 0 Å². The molecule has 2 heterocycles. The van der Waals surface area contributed by atoms with Crippen LogP contribution >= 0.6 is 0 Å². The van der Waals surface area contributed by atoms with E-state index in [4.69, 9.17) is 10.5 Å². The van der Waals surface area contributed by atoms with Gasteiger partial charge in [0, 0.05) is 31.6 Å². The van der Waals surface area contributed by atoms with Gasteiger partial charge >= 0.3 is 0 Å². The lowest BCUT2D eigenvalue weighted by atomic mass is 9.81. The molecule has 4 heteroatoms. The van der Waals surface area contributed by atoms with E-state index in [0.29, 0.717) is 17.7 Å². The van der Waals surface area contributed by atoms with Crippen molar-refractivity contribution in [3.8, 4) is 5.75 Å². The van der Waals surface area contributed by atoms with Gasteiger partial charge in [-0.3, -0.25) is 4.79 Å². The fourth-order valence-electron chi connectivity index (χ4n) is 3.20. The number of nitrogens with zero attached hydrogens (tertiary/aromatic N) is 1. The topological polar surface area (TPSA) is 55.6 Å². The van der Waals surface area contributed by atoms with Gasteiger partial charge in [0.25, 0.3) is 0 Å². The Morgan fingerprint density at radius 2 is 1.90 bits per heavy atom. The number of fused-ring (bicyclic) bond motifs is 1. The van der Waals surface area contributed by atoms with Gasteiger partial charge in [-0.2, -0.15) is 0 Å². The van der Waals surface area contributed by atoms with Crippen molar-refractivity contribution in [2.75, 3.05) is 25.9 Å². The van der Waals surface area contributed by atoms with Crippen molar-refractivity contribution < 1.29 is 9.53 Å². The first kappa shape index (κ1) is 13.4. The van der Waals surface area contributed by atoms with Crippen molar-refractivity contribution in [1.82, 2.24) is 4.90 Å². The number of rotatable bonds is 0. The number of Topliss-reactive ketones (excluding diaryl/α,β-unsaturated/α-hetero) is 1. The van der Waals surface area contributed by atoms with Crippen molar-refractivity contribution in [2.45, 2.75) is 38.7 Å². The number of ether oxygens (including phenoxy) is 1. The smallest absolute Gasteiger partial charge is 0.170 e. The van der Waals surface area contributed by atoms with E-state index in [1.807, 2.05) is 13.8 Å². The van der Waals surface area contributed by atoms with E-state index in [-0.39, 0.29) is 11.4 Å². The summed E-state index contributed by atoms with van der Waals surface area (Å²) in [5, 5.41) is 0. The fourth-order valence-corrected chi connectivity index (χ4v) is 3.20. The normalized spacial score (nSPS) is 21.6. The standard InChI is InChI=1S/C16H22N2O2/c1-10-11(2)15-12(8-13(10)17)14(19)9-16(20-15)4-6-18(3)7-5-16/h8H,4-7,9,17H2,1-3H3. The van der Waals surface area contributed by atoms with Crippen molar-refractivity contribution in [3.05, 3.63) is 22.8 Å². The molecule has 0 atom stereocenters. The maximum atomic E-state index is 12.5. The lowest BCUT2D eigenvalue weighted by Crippen LogP contribution is -2.50. The molecule has 2 aliphatic heterocycles. The van der Waals surface area contributed by atoms with Crippen molar-refractivity contribution in [2.24, 2.45) is 0 Å². The second-order valence-electron chi connectivity index (χ2n) is 6.28. The van der Waals surface area contributed by atoms with E-state index >= 15 is 0 Å². The fraction of sp³-hybridized carbons (Fsp3) is 0.562. The monoisotopic (exact) mass is 274 g/mol. The van der Waals surface area contributed by atoms with Gasteiger partial charge in [0.1, 0.15) is 11.4 Å². The van der Waals surface area contributed by atoms with Crippen LogP contribution in [0.3, 0.4) is 0 Å². The van der Waals surface area contributed by atoms with Crippen LogP contribution in [0.5, 0.6) is 5.75 Å². The average Bonchev–Trinajstić information content (AvgIpc) is 2.42. The number of carbonyl (C=O) groups is 1. The zero-order valence-corrected chi connectivity index (χ0v) is 12.5. The average molecular weight is 274 g/mol. The van der Waals surface area contributed by atoms with Crippen molar-refractivity contribution in [1.29, 1.82) is 0 Å². The molecule has 0 amide bonds. The van der Waals surface area contributed by atoms with E-state index in [1.54, 1.807) is 6.07 Å². The van der Waals surface area contributed by atoms with E-state index in [2.05, 4.69) is 11.9 Å². The van der Waals surface area contributed by atoms with E-state index in [0.717, 1.165) is 42.8 Å². The summed E-state index contributed by atoms with van der Waals surface area (Å²) < 4.78 is 6.34. The molecule has 108 valence electrons. The highest BCUT2D eigenvalue weighted by atomic mass is 16.5. The molecule has 1 aromatic rings. The minimum atomic E-state index is -0.302. The molecule has 0 unspecified atom stereocenters. The predicted octanol–water partition coefficient (Wildman–Crippen LogP) is 2.32. The first-order chi connectivity index (χ1) is 9.42. The number of anilines is 1. The first-order valence-corrected chi connectivity index (χ1v) is 7.22. The molecule has 0 bridgehead atoms. The summed E-state index contributed by atoms with van der Waals surface area (Å²) in [5.74, 6) is 0.933. The summed E-state index contributed by atoms with van der Waals surface area (Å²) in [6, 6.07) is 1.78. The Kier molecular flexibility index (Phi) is 3.01. The Morgan fingerprint density at radius 1 is 1.25 bits per heavy atom. The number of piperidine rings is 1. The summed E-state index contributed by atoms with van der Waals surface area (Å²) in [6.45, 7) is 5.94. The maximum Gasteiger partial charge on any atom is 0.170 e. The van der Waals surface area contributed by atoms with Crippen molar-refractivity contribution in [3.63, 3.8) is 0 Å². The third-order valence-corrected chi connectivity index (χ3v) is 4.88. The molecule has 1 fully saturated rings. The molecule has 1 aromatic carbocycles. The molecule has 1 spiro atoms. The Labute approximate surface area is 119 Å². The van der Waals surface area contributed by atoms with Crippen LogP contribution < -0.4 is 10.5 Å². The molecule has 3 rings (SSSR count). The van der Waals surface area contributed by atoms with Gasteiger partial charge in [-0.15, -0.1) is 0 Å². The largest absolute Gasteiger partial charge is 0.486 e. The number of carbonyl (C=O) groups excluding carboxylic acids is 1. The molecule has 0 aliphatic carbocycles. The Morgan fingerprint density at radius 3 is 2.55 bits per heavy atom. The first-order valence-electron chi connectivity index (χ1n) is 7.22. The van der Waals surface area contributed by atoms with Gasteiger partial charge in [-0.1, -0.05) is 0 Å². The minimum absolute atomic E-state index is 0.172. The predicted molar refractivity (Wildman–Crippen MR) is 79.4 cm³/mol. The summed E-state index contributed by atoms with van der Waals surface area (Å²) in [5.41, 5.74) is 9.04.